The highest BCUT2D eigenvalue weighted by molar-refractivity contribution is 7.22. The largest absolute Gasteiger partial charge is 0.492 e. The number of aliphatic hydroxyl groups excluding tert-OH is 1. The minimum absolute atomic E-state index is 0.0105. The van der Waals surface area contributed by atoms with E-state index in [1.807, 2.05) is 142 Å². The first-order valence-electron chi connectivity index (χ1n) is 29.6. The highest BCUT2D eigenvalue weighted by Gasteiger charge is 2.45. The molecule has 0 saturated carbocycles. The number of rotatable bonds is 24. The first kappa shape index (κ1) is 62.4. The summed E-state index contributed by atoms with van der Waals surface area (Å²) in [5.74, 6) is -1.76. The molecule has 4 aromatic carbocycles. The summed E-state index contributed by atoms with van der Waals surface area (Å²) in [4.78, 5) is 90.7. The molecule has 87 heavy (non-hydrogen) atoms. The normalized spacial score (nSPS) is 15.7. The number of halogens is 1. The van der Waals surface area contributed by atoms with Gasteiger partial charge in [-0.05, 0) is 128 Å². The zero-order chi connectivity index (χ0) is 61.4. The minimum Gasteiger partial charge on any atom is -0.492 e. The molecule has 17 nitrogen and oxygen atoms in total. The fourth-order valence-corrected chi connectivity index (χ4v) is 14.2. The van der Waals surface area contributed by atoms with Crippen molar-refractivity contribution in [1.82, 2.24) is 35.5 Å². The van der Waals surface area contributed by atoms with Crippen LogP contribution in [0.4, 0.5) is 10.3 Å². The molecule has 8 aromatic rings. The van der Waals surface area contributed by atoms with Crippen molar-refractivity contribution < 1.29 is 38.9 Å². The molecule has 4 amide bonds. The van der Waals surface area contributed by atoms with Gasteiger partial charge in [-0.1, -0.05) is 118 Å². The van der Waals surface area contributed by atoms with Gasteiger partial charge in [-0.2, -0.15) is 0 Å². The number of carboxylic acid groups (broad SMARTS) is 1. The number of hydrogen-bond acceptors (Lipinski definition) is 15. The number of ether oxygens (including phenoxy) is 1. The van der Waals surface area contributed by atoms with Crippen molar-refractivity contribution in [2.24, 2.45) is 5.41 Å². The second-order valence-electron chi connectivity index (χ2n) is 23.4. The van der Waals surface area contributed by atoms with Crippen LogP contribution >= 0.6 is 45.6 Å². The molecule has 0 unspecified atom stereocenters. The average molecular weight is 1250 g/mol. The topological polar surface area (TPSA) is 229 Å². The number of likely N-dealkylation sites (tertiary alicyclic amines) is 1. The number of carbonyl (C=O) groups excluding carboxylic acids is 4. The van der Waals surface area contributed by atoms with Crippen molar-refractivity contribution in [1.29, 1.82) is 0 Å². The van der Waals surface area contributed by atoms with Crippen molar-refractivity contribution in [2.45, 2.75) is 136 Å². The second-order valence-corrected chi connectivity index (χ2v) is 26.8. The van der Waals surface area contributed by atoms with Crippen LogP contribution in [-0.2, 0) is 40.2 Å². The number of nitrogens with zero attached hydrogens (tertiary/aromatic N) is 6. The van der Waals surface area contributed by atoms with Gasteiger partial charge in [0.2, 0.25) is 17.7 Å². The third-order valence-electron chi connectivity index (χ3n) is 16.0. The summed E-state index contributed by atoms with van der Waals surface area (Å²) in [5.41, 5.74) is 10.2. The van der Waals surface area contributed by atoms with Gasteiger partial charge in [-0.15, -0.1) is 22.7 Å². The van der Waals surface area contributed by atoms with E-state index in [9.17, 15) is 34.2 Å². The summed E-state index contributed by atoms with van der Waals surface area (Å²) in [6.07, 6.45) is 8.36. The number of β-amino-alcohol motifs (C(OH)–C–C–N with tert-alkyl or cyclic N) is 1. The van der Waals surface area contributed by atoms with E-state index in [0.717, 1.165) is 92.0 Å². The van der Waals surface area contributed by atoms with Crippen LogP contribution in [0, 0.1) is 12.3 Å². The monoisotopic (exact) mass is 1250 g/mol. The zero-order valence-corrected chi connectivity index (χ0v) is 52.6. The summed E-state index contributed by atoms with van der Waals surface area (Å²) in [5, 5.41) is 31.5. The maximum Gasteiger partial charge on any atom is 0.355 e. The standard InChI is InChI=1S/C66H72ClN9O8S3/c1-39(42-23-25-44(26-24-42)58-40(2)69-38-85-58)70-61(80)52-34-46(77)36-76(52)62(81)59(66(3,4)5)72-56(78)21-10-8-6-7-9-15-41-22-28-50(68-35-41)45-27-29-53(49(67)33-45)84-32-14-20-55-57(63(82)83)73-65(87-55)75-31-30-43-16-13-17-47(48(43)37-75)60(79)74-64-71-51-18-11-12-19-54(51)86-64/h11-13,16-19,22-29,33,35,38-39,46,52,59,77H,6-10,14-15,20-21,30-32,34,36-37H2,1-5H3,(H,70,80)(H,72,78)(H,82,83)(H,71,74,79)/t39-,46+,52-,59+/m0/s1. The van der Waals surface area contributed by atoms with Crippen LogP contribution in [0.5, 0.6) is 5.75 Å². The molecule has 1 saturated heterocycles. The van der Waals surface area contributed by atoms with Crippen LogP contribution in [0.1, 0.15) is 139 Å². The van der Waals surface area contributed by atoms with E-state index in [0.29, 0.717) is 76.9 Å². The number of benzene rings is 4. The Bertz CT molecular complexity index is 3740. The van der Waals surface area contributed by atoms with Crippen molar-refractivity contribution >= 4 is 95.7 Å². The Labute approximate surface area is 523 Å². The van der Waals surface area contributed by atoms with Gasteiger partial charge in [0.05, 0.1) is 55.8 Å². The van der Waals surface area contributed by atoms with Crippen LogP contribution in [0.3, 0.4) is 0 Å². The number of carbonyl (C=O) groups is 5. The SMILES string of the molecule is Cc1ncsc1-c1ccc([C@H](C)NC(=O)[C@@H]2C[C@@H](O)CN2C(=O)[C@@H](NC(=O)CCCCCCCc2ccc(-c3ccc(OCCCc4sc(N5CCc6cccc(C(=O)Nc7nc8ccccc8s7)c6C5)nc4C(=O)O)c(Cl)c3)nc2)C(C)(C)C)cc1. The first-order chi connectivity index (χ1) is 41.9. The van der Waals surface area contributed by atoms with Gasteiger partial charge in [-0.25, -0.2) is 19.7 Å². The van der Waals surface area contributed by atoms with Gasteiger partial charge in [0, 0.05) is 54.7 Å². The van der Waals surface area contributed by atoms with E-state index in [1.54, 1.807) is 11.3 Å². The van der Waals surface area contributed by atoms with Crippen LogP contribution in [0.2, 0.25) is 5.02 Å². The lowest BCUT2D eigenvalue weighted by atomic mass is 9.85. The van der Waals surface area contributed by atoms with Crippen molar-refractivity contribution in [3.8, 4) is 27.4 Å². The second kappa shape index (κ2) is 28.0. The molecule has 0 spiro atoms. The maximum absolute atomic E-state index is 14.2. The van der Waals surface area contributed by atoms with Crippen LogP contribution in [0.25, 0.3) is 31.9 Å². The van der Waals surface area contributed by atoms with E-state index < -0.39 is 29.6 Å². The summed E-state index contributed by atoms with van der Waals surface area (Å²) in [7, 11) is 0. The quantitative estimate of drug-likeness (QED) is 0.0355. The lowest BCUT2D eigenvalue weighted by molar-refractivity contribution is -0.144. The van der Waals surface area contributed by atoms with E-state index >= 15 is 0 Å². The van der Waals surface area contributed by atoms with Gasteiger partial charge >= 0.3 is 5.97 Å². The van der Waals surface area contributed by atoms with Gasteiger partial charge < -0.3 is 35.4 Å². The third kappa shape index (κ3) is 15.4. The lowest BCUT2D eigenvalue weighted by Gasteiger charge is -2.35. The van der Waals surface area contributed by atoms with Crippen LogP contribution < -0.4 is 25.6 Å². The Morgan fingerprint density at radius 1 is 0.851 bits per heavy atom. The number of carboxylic acids is 1. The number of nitrogens with one attached hydrogen (secondary N) is 3. The zero-order valence-electron chi connectivity index (χ0n) is 49.4. The van der Waals surface area contributed by atoms with Gasteiger partial charge in [0.1, 0.15) is 17.8 Å². The van der Waals surface area contributed by atoms with Crippen molar-refractivity contribution in [3.05, 3.63) is 158 Å². The number of amides is 4. The molecular formula is C66H72ClN9O8S3. The summed E-state index contributed by atoms with van der Waals surface area (Å²) < 4.78 is 7.08. The molecule has 0 aliphatic carbocycles. The summed E-state index contributed by atoms with van der Waals surface area (Å²) >= 11 is 11.1. The number of aromatic carboxylic acids is 1. The fraction of sp³-hybridized carbons (Fsp3) is 0.379. The molecule has 10 rings (SSSR count). The molecule has 2 aliphatic heterocycles. The lowest BCUT2D eigenvalue weighted by Crippen LogP contribution is -2.57. The number of fused-ring (bicyclic) bond motifs is 2. The number of pyridine rings is 1. The first-order valence-corrected chi connectivity index (χ1v) is 32.5. The number of para-hydroxylation sites is 1. The highest BCUT2D eigenvalue weighted by Crippen LogP contribution is 2.36. The minimum atomic E-state index is -1.09. The molecule has 6 heterocycles. The average Bonchev–Trinajstić information content (AvgIpc) is 4.25. The van der Waals surface area contributed by atoms with Crippen molar-refractivity contribution in [2.75, 3.05) is 29.9 Å². The predicted octanol–water partition coefficient (Wildman–Crippen LogP) is 12.7. The molecular weight excluding hydrogens is 1180 g/mol. The molecule has 0 bridgehead atoms. The number of aryl methyl sites for hydroxylation is 3. The number of aromatic nitrogens is 4. The Kier molecular flexibility index (Phi) is 20.1. The molecule has 1 fully saturated rings. The fourth-order valence-electron chi connectivity index (χ4n) is 11.2. The summed E-state index contributed by atoms with van der Waals surface area (Å²) in [6, 6.07) is 29.0. The van der Waals surface area contributed by atoms with E-state index in [1.165, 1.54) is 27.6 Å². The number of aliphatic hydroxyl groups is 1. The molecule has 454 valence electrons. The number of hydrogen-bond donors (Lipinski definition) is 5. The Hall–Kier alpha value is -7.62. The number of anilines is 2. The van der Waals surface area contributed by atoms with Gasteiger partial charge in [0.25, 0.3) is 5.91 Å². The Morgan fingerprint density at radius 2 is 1.63 bits per heavy atom. The third-order valence-corrected chi connectivity index (χ3v) is 19.4. The maximum atomic E-state index is 14.2. The molecule has 4 atom stereocenters. The van der Waals surface area contributed by atoms with Crippen LogP contribution in [-0.4, -0.2) is 103 Å². The summed E-state index contributed by atoms with van der Waals surface area (Å²) in [6.45, 7) is 10.9. The molecule has 2 aliphatic rings. The van der Waals surface area contributed by atoms with Gasteiger partial charge in [-0.3, -0.25) is 29.5 Å². The molecule has 5 N–H and O–H groups in total. The molecule has 21 heteroatoms. The smallest absolute Gasteiger partial charge is 0.355 e. The van der Waals surface area contributed by atoms with E-state index in [4.69, 9.17) is 21.3 Å². The predicted molar refractivity (Wildman–Crippen MR) is 344 cm³/mol. The Morgan fingerprint density at radius 3 is 2.37 bits per heavy atom. The number of thiazole rings is 3. The van der Waals surface area contributed by atoms with Crippen molar-refractivity contribution in [3.63, 3.8) is 0 Å². The van der Waals surface area contributed by atoms with Crippen LogP contribution in [0.15, 0.2) is 109 Å². The van der Waals surface area contributed by atoms with Gasteiger partial charge in [0.15, 0.2) is 16.0 Å². The van der Waals surface area contributed by atoms with E-state index in [-0.39, 0.29) is 54.8 Å². The number of unbranched alkanes of at least 4 members (excludes halogenated alkanes) is 4. The Balaban J connectivity index is 0.630. The molecule has 0 radical (unpaired) electrons. The molecule has 4 aromatic heterocycles. The van der Waals surface area contributed by atoms with E-state index in [2.05, 4.69) is 37.0 Å². The highest BCUT2D eigenvalue weighted by atomic mass is 35.5.